The molecule has 0 bridgehead atoms. The van der Waals surface area contributed by atoms with Gasteiger partial charge in [-0.25, -0.2) is 4.98 Å². The third-order valence-corrected chi connectivity index (χ3v) is 3.79. The highest BCUT2D eigenvalue weighted by Crippen LogP contribution is 2.19. The number of hydrogen-bond acceptors (Lipinski definition) is 5. The van der Waals surface area contributed by atoms with E-state index in [0.717, 1.165) is 17.0 Å². The highest BCUT2D eigenvalue weighted by molar-refractivity contribution is 5.45. The predicted octanol–water partition coefficient (Wildman–Crippen LogP) is 2.30. The molecule has 122 valence electrons. The van der Waals surface area contributed by atoms with Crippen molar-refractivity contribution in [2.75, 3.05) is 6.61 Å². The molecular weight excluding hydrogens is 304 g/mol. The van der Waals surface area contributed by atoms with Crippen molar-refractivity contribution in [1.29, 1.82) is 10.5 Å². The van der Waals surface area contributed by atoms with Crippen LogP contribution in [0.2, 0.25) is 0 Å². The molecular formula is C18H18N4O2. The third kappa shape index (κ3) is 3.28. The first-order valence-corrected chi connectivity index (χ1v) is 7.51. The molecule has 6 nitrogen and oxygen atoms in total. The van der Waals surface area contributed by atoms with Crippen molar-refractivity contribution in [3.63, 3.8) is 0 Å². The van der Waals surface area contributed by atoms with Gasteiger partial charge >= 0.3 is 0 Å². The average molecular weight is 322 g/mol. The molecule has 0 saturated carbocycles. The fourth-order valence-corrected chi connectivity index (χ4v) is 2.62. The Kier molecular flexibility index (Phi) is 5.01. The SMILES string of the molecule is Cc1cc(C)c(C#N)c(OCCn2c(C)cc(C)c(C#N)c2=O)n1. The van der Waals surface area contributed by atoms with E-state index >= 15 is 0 Å². The lowest BCUT2D eigenvalue weighted by molar-refractivity contribution is 0.283. The van der Waals surface area contributed by atoms with Crippen LogP contribution in [0.25, 0.3) is 0 Å². The van der Waals surface area contributed by atoms with E-state index in [-0.39, 0.29) is 30.2 Å². The molecule has 0 radical (unpaired) electrons. The summed E-state index contributed by atoms with van der Waals surface area (Å²) in [4.78, 5) is 16.6. The second-order valence-corrected chi connectivity index (χ2v) is 5.63. The lowest BCUT2D eigenvalue weighted by Gasteiger charge is -2.13. The zero-order valence-electron chi connectivity index (χ0n) is 14.2. The van der Waals surface area contributed by atoms with Gasteiger partial charge in [-0.05, 0) is 51.0 Å². The minimum Gasteiger partial charge on any atom is -0.475 e. The first kappa shape index (κ1) is 17.2. The number of aromatic nitrogens is 2. The molecule has 0 saturated heterocycles. The second-order valence-electron chi connectivity index (χ2n) is 5.63. The summed E-state index contributed by atoms with van der Waals surface area (Å²) in [6.07, 6.45) is 0. The molecule has 0 aromatic carbocycles. The number of nitrogens with zero attached hydrogens (tertiary/aromatic N) is 4. The van der Waals surface area contributed by atoms with Crippen molar-refractivity contribution in [1.82, 2.24) is 9.55 Å². The maximum absolute atomic E-state index is 12.3. The van der Waals surface area contributed by atoms with Crippen LogP contribution in [0.4, 0.5) is 0 Å². The number of aryl methyl sites for hydroxylation is 4. The molecule has 24 heavy (non-hydrogen) atoms. The van der Waals surface area contributed by atoms with Gasteiger partial charge in [-0.3, -0.25) is 4.79 Å². The van der Waals surface area contributed by atoms with Gasteiger partial charge in [-0.15, -0.1) is 0 Å². The summed E-state index contributed by atoms with van der Waals surface area (Å²) in [5.74, 6) is 0.272. The Morgan fingerprint density at radius 3 is 2.33 bits per heavy atom. The van der Waals surface area contributed by atoms with Crippen molar-refractivity contribution < 1.29 is 4.74 Å². The molecule has 0 atom stereocenters. The Balaban J connectivity index is 2.25. The minimum absolute atomic E-state index is 0.142. The standard InChI is InChI=1S/C18H18N4O2/c1-11-7-13(3)21-17(15(11)9-19)24-6-5-22-14(4)8-12(2)16(10-20)18(22)23/h7-8H,5-6H2,1-4H3. The summed E-state index contributed by atoms with van der Waals surface area (Å²) in [5, 5.41) is 18.3. The van der Waals surface area contributed by atoms with Crippen molar-refractivity contribution >= 4 is 0 Å². The van der Waals surface area contributed by atoms with E-state index in [1.807, 2.05) is 32.9 Å². The quantitative estimate of drug-likeness (QED) is 0.861. The van der Waals surface area contributed by atoms with Gasteiger partial charge in [0.2, 0.25) is 5.88 Å². The van der Waals surface area contributed by atoms with Gasteiger partial charge in [0.1, 0.15) is 29.9 Å². The van der Waals surface area contributed by atoms with E-state index in [2.05, 4.69) is 11.1 Å². The summed E-state index contributed by atoms with van der Waals surface area (Å²) >= 11 is 0. The molecule has 2 aromatic rings. The van der Waals surface area contributed by atoms with Crippen LogP contribution in [0, 0.1) is 50.4 Å². The molecule has 0 aliphatic heterocycles. The first-order valence-electron chi connectivity index (χ1n) is 7.51. The molecule has 0 spiro atoms. The fraction of sp³-hybridized carbons (Fsp3) is 0.333. The van der Waals surface area contributed by atoms with Gasteiger partial charge < -0.3 is 9.30 Å². The zero-order chi connectivity index (χ0) is 17.9. The largest absolute Gasteiger partial charge is 0.475 e. The predicted molar refractivity (Wildman–Crippen MR) is 88.8 cm³/mol. The topological polar surface area (TPSA) is 91.7 Å². The van der Waals surface area contributed by atoms with Gasteiger partial charge in [0, 0.05) is 11.4 Å². The lowest BCUT2D eigenvalue weighted by Crippen LogP contribution is -2.28. The Hall–Kier alpha value is -3.12. The molecule has 2 heterocycles. The van der Waals surface area contributed by atoms with Gasteiger partial charge in [0.25, 0.3) is 5.56 Å². The van der Waals surface area contributed by atoms with Crippen molar-refractivity contribution in [2.24, 2.45) is 0 Å². The highest BCUT2D eigenvalue weighted by atomic mass is 16.5. The van der Waals surface area contributed by atoms with Crippen LogP contribution < -0.4 is 10.3 Å². The molecule has 0 amide bonds. The number of hydrogen-bond donors (Lipinski definition) is 0. The first-order chi connectivity index (χ1) is 11.4. The van der Waals surface area contributed by atoms with Crippen LogP contribution in [-0.4, -0.2) is 16.2 Å². The molecule has 0 N–H and O–H groups in total. The summed E-state index contributed by atoms with van der Waals surface area (Å²) < 4.78 is 7.13. The molecule has 0 fully saturated rings. The fourth-order valence-electron chi connectivity index (χ4n) is 2.62. The van der Waals surface area contributed by atoms with Crippen LogP contribution in [0.5, 0.6) is 5.88 Å². The van der Waals surface area contributed by atoms with E-state index in [1.165, 1.54) is 4.57 Å². The molecule has 2 aromatic heterocycles. The van der Waals surface area contributed by atoms with Gasteiger partial charge in [-0.2, -0.15) is 10.5 Å². The number of rotatable bonds is 4. The summed E-state index contributed by atoms with van der Waals surface area (Å²) in [6, 6.07) is 7.65. The summed E-state index contributed by atoms with van der Waals surface area (Å²) in [6.45, 7) is 7.67. The minimum atomic E-state index is -0.326. The Morgan fingerprint density at radius 2 is 1.71 bits per heavy atom. The van der Waals surface area contributed by atoms with E-state index in [1.54, 1.807) is 13.0 Å². The molecule has 0 aliphatic rings. The van der Waals surface area contributed by atoms with E-state index in [0.29, 0.717) is 11.1 Å². The highest BCUT2D eigenvalue weighted by Gasteiger charge is 2.12. The van der Waals surface area contributed by atoms with Gasteiger partial charge in [-0.1, -0.05) is 0 Å². The lowest BCUT2D eigenvalue weighted by atomic mass is 10.1. The van der Waals surface area contributed by atoms with Gasteiger partial charge in [0.15, 0.2) is 0 Å². The third-order valence-electron chi connectivity index (χ3n) is 3.79. The van der Waals surface area contributed by atoms with E-state index < -0.39 is 0 Å². The zero-order valence-corrected chi connectivity index (χ0v) is 14.2. The molecule has 0 aliphatic carbocycles. The van der Waals surface area contributed by atoms with Crippen molar-refractivity contribution in [3.05, 3.63) is 56.1 Å². The van der Waals surface area contributed by atoms with Gasteiger partial charge in [0.05, 0.1) is 6.54 Å². The van der Waals surface area contributed by atoms with Crippen molar-refractivity contribution in [2.45, 2.75) is 34.2 Å². The normalized spacial score (nSPS) is 10.1. The maximum atomic E-state index is 12.3. The summed E-state index contributed by atoms with van der Waals surface area (Å²) in [7, 11) is 0. The number of ether oxygens (including phenoxy) is 1. The second kappa shape index (κ2) is 6.97. The Labute approximate surface area is 140 Å². The molecule has 2 rings (SSSR count). The Morgan fingerprint density at radius 1 is 1.08 bits per heavy atom. The van der Waals surface area contributed by atoms with Crippen LogP contribution in [0.15, 0.2) is 16.9 Å². The van der Waals surface area contributed by atoms with Crippen LogP contribution in [0.1, 0.15) is 33.6 Å². The molecule has 6 heteroatoms. The van der Waals surface area contributed by atoms with Crippen LogP contribution >= 0.6 is 0 Å². The van der Waals surface area contributed by atoms with Crippen LogP contribution in [0.3, 0.4) is 0 Å². The summed E-state index contributed by atoms with van der Waals surface area (Å²) in [5.41, 5.74) is 3.20. The Bertz CT molecular complexity index is 930. The molecule has 0 unspecified atom stereocenters. The average Bonchev–Trinajstić information content (AvgIpc) is 2.50. The van der Waals surface area contributed by atoms with Crippen molar-refractivity contribution in [3.8, 4) is 18.0 Å². The maximum Gasteiger partial charge on any atom is 0.269 e. The van der Waals surface area contributed by atoms with E-state index in [9.17, 15) is 10.1 Å². The van der Waals surface area contributed by atoms with E-state index in [4.69, 9.17) is 10.00 Å². The monoisotopic (exact) mass is 322 g/mol. The van der Waals surface area contributed by atoms with Crippen LogP contribution in [-0.2, 0) is 6.54 Å². The smallest absolute Gasteiger partial charge is 0.269 e. The number of nitriles is 2. The number of pyridine rings is 2.